The summed E-state index contributed by atoms with van der Waals surface area (Å²) in [5, 5.41) is 8.69. The summed E-state index contributed by atoms with van der Waals surface area (Å²) in [7, 11) is 0. The van der Waals surface area contributed by atoms with E-state index in [0.717, 1.165) is 19.5 Å². The van der Waals surface area contributed by atoms with Crippen LogP contribution in [0.4, 0.5) is 0 Å². The van der Waals surface area contributed by atoms with Gasteiger partial charge in [0.1, 0.15) is 0 Å². The van der Waals surface area contributed by atoms with E-state index < -0.39 is 5.97 Å². The van der Waals surface area contributed by atoms with Gasteiger partial charge in [-0.3, -0.25) is 9.69 Å². The van der Waals surface area contributed by atoms with Crippen LogP contribution in [0.15, 0.2) is 24.3 Å². The molecule has 3 heteroatoms. The van der Waals surface area contributed by atoms with Crippen molar-refractivity contribution in [2.24, 2.45) is 0 Å². The lowest BCUT2D eigenvalue weighted by atomic mass is 10.0. The number of benzene rings is 1. The van der Waals surface area contributed by atoms with Crippen LogP contribution in [0.5, 0.6) is 0 Å². The van der Waals surface area contributed by atoms with E-state index in [0.29, 0.717) is 6.04 Å². The number of aliphatic carboxylic acids is 1. The monoisotopic (exact) mass is 247 g/mol. The lowest BCUT2D eigenvalue weighted by Crippen LogP contribution is -2.24. The summed E-state index contributed by atoms with van der Waals surface area (Å²) in [6.45, 7) is 4.11. The second-order valence-electron chi connectivity index (χ2n) is 5.11. The highest BCUT2D eigenvalue weighted by atomic mass is 16.4. The van der Waals surface area contributed by atoms with E-state index in [2.05, 4.69) is 36.1 Å². The van der Waals surface area contributed by atoms with Gasteiger partial charge in [-0.1, -0.05) is 29.8 Å². The van der Waals surface area contributed by atoms with Crippen molar-refractivity contribution in [1.82, 2.24) is 4.90 Å². The molecule has 0 saturated carbocycles. The van der Waals surface area contributed by atoms with Crippen LogP contribution in [0.2, 0.25) is 0 Å². The maximum atomic E-state index is 10.6. The van der Waals surface area contributed by atoms with Crippen molar-refractivity contribution >= 4 is 5.97 Å². The molecule has 1 heterocycles. The number of carboxylic acids is 1. The highest BCUT2D eigenvalue weighted by Crippen LogP contribution is 2.32. The normalized spacial score (nSPS) is 20.2. The molecule has 1 aliphatic rings. The quantitative estimate of drug-likeness (QED) is 0.869. The molecule has 18 heavy (non-hydrogen) atoms. The van der Waals surface area contributed by atoms with Crippen LogP contribution in [0.25, 0.3) is 0 Å². The number of hydrogen-bond acceptors (Lipinski definition) is 2. The fourth-order valence-corrected chi connectivity index (χ4v) is 2.78. The van der Waals surface area contributed by atoms with Crippen LogP contribution < -0.4 is 0 Å². The topological polar surface area (TPSA) is 40.5 Å². The molecule has 1 fully saturated rings. The summed E-state index contributed by atoms with van der Waals surface area (Å²) in [4.78, 5) is 13.0. The van der Waals surface area contributed by atoms with Crippen LogP contribution in [-0.4, -0.2) is 29.1 Å². The van der Waals surface area contributed by atoms with Gasteiger partial charge < -0.3 is 5.11 Å². The molecule has 1 saturated heterocycles. The zero-order valence-electron chi connectivity index (χ0n) is 10.9. The maximum Gasteiger partial charge on any atom is 0.303 e. The van der Waals surface area contributed by atoms with Crippen LogP contribution in [0.1, 0.15) is 42.9 Å². The molecular formula is C15H21NO2. The van der Waals surface area contributed by atoms with Crippen molar-refractivity contribution < 1.29 is 9.90 Å². The van der Waals surface area contributed by atoms with Crippen LogP contribution in [-0.2, 0) is 4.79 Å². The van der Waals surface area contributed by atoms with Crippen molar-refractivity contribution in [2.45, 2.75) is 38.6 Å². The first-order chi connectivity index (χ1) is 8.66. The third kappa shape index (κ3) is 3.33. The van der Waals surface area contributed by atoms with E-state index in [4.69, 9.17) is 5.11 Å². The van der Waals surface area contributed by atoms with Gasteiger partial charge >= 0.3 is 5.97 Å². The Labute approximate surface area is 108 Å². The Morgan fingerprint density at radius 2 is 2.33 bits per heavy atom. The number of likely N-dealkylation sites (tertiary alicyclic amines) is 1. The number of nitrogens with zero attached hydrogens (tertiary/aromatic N) is 1. The summed E-state index contributed by atoms with van der Waals surface area (Å²) >= 11 is 0. The third-order valence-corrected chi connectivity index (χ3v) is 3.63. The highest BCUT2D eigenvalue weighted by Gasteiger charge is 2.25. The zero-order chi connectivity index (χ0) is 13.0. The summed E-state index contributed by atoms with van der Waals surface area (Å²) in [5.41, 5.74) is 2.67. The smallest absolute Gasteiger partial charge is 0.303 e. The predicted molar refractivity (Wildman–Crippen MR) is 71.6 cm³/mol. The standard InChI is InChI=1S/C15H21NO2/c1-12-5-2-6-13(11-12)14-7-3-9-16(14)10-4-8-15(17)18/h2,5-6,11,14H,3-4,7-10H2,1H3,(H,17,18). The van der Waals surface area contributed by atoms with Crippen molar-refractivity contribution in [1.29, 1.82) is 0 Å². The molecule has 0 bridgehead atoms. The molecule has 1 aliphatic heterocycles. The minimum Gasteiger partial charge on any atom is -0.481 e. The van der Waals surface area contributed by atoms with Crippen molar-refractivity contribution in [2.75, 3.05) is 13.1 Å². The average Bonchev–Trinajstić information content (AvgIpc) is 2.77. The van der Waals surface area contributed by atoms with Gasteiger partial charge in [0.25, 0.3) is 0 Å². The van der Waals surface area contributed by atoms with Gasteiger partial charge in [0, 0.05) is 12.5 Å². The van der Waals surface area contributed by atoms with Gasteiger partial charge in [0.2, 0.25) is 0 Å². The van der Waals surface area contributed by atoms with Crippen LogP contribution in [0, 0.1) is 6.92 Å². The second-order valence-corrected chi connectivity index (χ2v) is 5.11. The summed E-state index contributed by atoms with van der Waals surface area (Å²) in [5.74, 6) is -0.693. The molecule has 98 valence electrons. The van der Waals surface area contributed by atoms with E-state index in [1.54, 1.807) is 0 Å². The molecular weight excluding hydrogens is 226 g/mol. The van der Waals surface area contributed by atoms with Crippen molar-refractivity contribution in [3.63, 3.8) is 0 Å². The predicted octanol–water partition coefficient (Wildman–Crippen LogP) is 3.00. The molecule has 0 spiro atoms. The van der Waals surface area contributed by atoms with Crippen LogP contribution in [0.3, 0.4) is 0 Å². The molecule has 1 aromatic rings. The number of hydrogen-bond donors (Lipinski definition) is 1. The molecule has 1 aromatic carbocycles. The van der Waals surface area contributed by atoms with Crippen molar-refractivity contribution in [3.05, 3.63) is 35.4 Å². The second kappa shape index (κ2) is 6.01. The van der Waals surface area contributed by atoms with Crippen LogP contribution >= 0.6 is 0 Å². The number of aryl methyl sites for hydroxylation is 1. The van der Waals surface area contributed by atoms with Gasteiger partial charge in [0.05, 0.1) is 0 Å². The maximum absolute atomic E-state index is 10.6. The molecule has 0 aliphatic carbocycles. The van der Waals surface area contributed by atoms with Gasteiger partial charge in [0.15, 0.2) is 0 Å². The van der Waals surface area contributed by atoms with E-state index in [9.17, 15) is 4.79 Å². The number of carboxylic acid groups (broad SMARTS) is 1. The Hall–Kier alpha value is -1.35. The Balaban J connectivity index is 1.97. The fraction of sp³-hybridized carbons (Fsp3) is 0.533. The molecule has 3 nitrogen and oxygen atoms in total. The minimum absolute atomic E-state index is 0.275. The van der Waals surface area contributed by atoms with Gasteiger partial charge in [-0.2, -0.15) is 0 Å². The molecule has 1 atom stereocenters. The Kier molecular flexibility index (Phi) is 4.37. The third-order valence-electron chi connectivity index (χ3n) is 3.63. The Morgan fingerprint density at radius 3 is 3.06 bits per heavy atom. The fourth-order valence-electron chi connectivity index (χ4n) is 2.78. The van der Waals surface area contributed by atoms with E-state index in [-0.39, 0.29) is 6.42 Å². The summed E-state index contributed by atoms with van der Waals surface area (Å²) in [6.07, 6.45) is 3.43. The molecule has 0 aromatic heterocycles. The first-order valence-corrected chi connectivity index (χ1v) is 6.69. The highest BCUT2D eigenvalue weighted by molar-refractivity contribution is 5.66. The lowest BCUT2D eigenvalue weighted by Gasteiger charge is -2.24. The largest absolute Gasteiger partial charge is 0.481 e. The SMILES string of the molecule is Cc1cccc(C2CCCN2CCCC(=O)O)c1. The lowest BCUT2D eigenvalue weighted by molar-refractivity contribution is -0.137. The first-order valence-electron chi connectivity index (χ1n) is 6.69. The molecule has 2 rings (SSSR count). The Bertz CT molecular complexity index is 417. The minimum atomic E-state index is -0.693. The summed E-state index contributed by atoms with van der Waals surface area (Å²) in [6, 6.07) is 9.15. The first kappa shape index (κ1) is 13.1. The van der Waals surface area contributed by atoms with E-state index >= 15 is 0 Å². The average molecular weight is 247 g/mol. The molecule has 0 amide bonds. The van der Waals surface area contributed by atoms with Gasteiger partial charge in [-0.25, -0.2) is 0 Å². The Morgan fingerprint density at radius 1 is 1.50 bits per heavy atom. The molecule has 0 radical (unpaired) electrons. The summed E-state index contributed by atoms with van der Waals surface area (Å²) < 4.78 is 0. The molecule has 1 N–H and O–H groups in total. The zero-order valence-corrected chi connectivity index (χ0v) is 10.9. The van der Waals surface area contributed by atoms with Gasteiger partial charge in [-0.05, 0) is 44.8 Å². The van der Waals surface area contributed by atoms with E-state index in [1.165, 1.54) is 24.0 Å². The molecule has 1 unspecified atom stereocenters. The number of rotatable bonds is 5. The van der Waals surface area contributed by atoms with Gasteiger partial charge in [-0.15, -0.1) is 0 Å². The van der Waals surface area contributed by atoms with Crippen molar-refractivity contribution in [3.8, 4) is 0 Å². The van der Waals surface area contributed by atoms with E-state index in [1.807, 2.05) is 0 Å². The number of carbonyl (C=O) groups is 1.